The Balaban J connectivity index is 2.65. The Morgan fingerprint density at radius 2 is 2.00 bits per heavy atom. The van der Waals surface area contributed by atoms with Gasteiger partial charge >= 0.3 is 0 Å². The van der Waals surface area contributed by atoms with Crippen molar-refractivity contribution < 1.29 is 0 Å². The number of nitrogens with one attached hydrogen (secondary N) is 1. The van der Waals surface area contributed by atoms with E-state index in [9.17, 15) is 0 Å². The Labute approximate surface area is 111 Å². The van der Waals surface area contributed by atoms with E-state index in [2.05, 4.69) is 43.1 Å². The maximum absolute atomic E-state index is 4.36. The predicted molar refractivity (Wildman–Crippen MR) is 75.4 cm³/mol. The van der Waals surface area contributed by atoms with Crippen molar-refractivity contribution in [2.24, 2.45) is 18.4 Å². The van der Waals surface area contributed by atoms with Gasteiger partial charge in [-0.25, -0.2) is 4.98 Å². The molecule has 0 aromatic carbocycles. The van der Waals surface area contributed by atoms with Crippen LogP contribution in [0.3, 0.4) is 0 Å². The van der Waals surface area contributed by atoms with Crippen LogP contribution < -0.4 is 5.32 Å². The Bertz CT molecular complexity index is 339. The minimum absolute atomic E-state index is 0.301. The molecule has 0 saturated carbocycles. The second kappa shape index (κ2) is 6.88. The molecular formula is C14H28N4. The van der Waals surface area contributed by atoms with E-state index in [0.717, 1.165) is 25.3 Å². The third-order valence-corrected chi connectivity index (χ3v) is 3.89. The average molecular weight is 252 g/mol. The normalized spacial score (nSPS) is 12.3. The molecule has 1 aromatic heterocycles. The molecule has 4 nitrogen and oxygen atoms in total. The van der Waals surface area contributed by atoms with Crippen LogP contribution in [0, 0.1) is 11.3 Å². The Morgan fingerprint density at radius 3 is 2.44 bits per heavy atom. The Kier molecular flexibility index (Phi) is 5.79. The maximum atomic E-state index is 4.36. The summed E-state index contributed by atoms with van der Waals surface area (Å²) < 4.78 is 1.89. The fraction of sp³-hybridized carbons (Fsp3) is 0.857. The minimum atomic E-state index is 0.301. The van der Waals surface area contributed by atoms with Gasteiger partial charge in [0.25, 0.3) is 0 Å². The molecule has 18 heavy (non-hydrogen) atoms. The summed E-state index contributed by atoms with van der Waals surface area (Å²) in [7, 11) is 1.97. The summed E-state index contributed by atoms with van der Waals surface area (Å²) in [6.07, 6.45) is 4.98. The van der Waals surface area contributed by atoms with Gasteiger partial charge in [-0.2, -0.15) is 5.10 Å². The second-order valence-corrected chi connectivity index (χ2v) is 5.71. The lowest BCUT2D eigenvalue weighted by Gasteiger charge is -2.32. The molecule has 0 aliphatic heterocycles. The average Bonchev–Trinajstić information content (AvgIpc) is 2.73. The monoisotopic (exact) mass is 252 g/mol. The van der Waals surface area contributed by atoms with Crippen molar-refractivity contribution in [2.75, 3.05) is 13.1 Å². The predicted octanol–water partition coefficient (Wildman–Crippen LogP) is 2.41. The molecule has 0 fully saturated rings. The zero-order chi connectivity index (χ0) is 13.6. The van der Waals surface area contributed by atoms with Gasteiger partial charge in [0.1, 0.15) is 12.2 Å². The fourth-order valence-corrected chi connectivity index (χ4v) is 2.25. The zero-order valence-corrected chi connectivity index (χ0v) is 12.5. The van der Waals surface area contributed by atoms with Crippen molar-refractivity contribution in [3.63, 3.8) is 0 Å². The third-order valence-electron chi connectivity index (χ3n) is 3.89. The molecule has 4 heteroatoms. The topological polar surface area (TPSA) is 42.7 Å². The molecule has 0 amide bonds. The smallest absolute Gasteiger partial charge is 0.138 e. The van der Waals surface area contributed by atoms with Crippen LogP contribution in [0.15, 0.2) is 6.33 Å². The Morgan fingerprint density at radius 1 is 1.33 bits per heavy atom. The highest BCUT2D eigenvalue weighted by molar-refractivity contribution is 4.94. The molecule has 0 atom stereocenters. The van der Waals surface area contributed by atoms with Gasteiger partial charge in [-0.15, -0.1) is 0 Å². The second-order valence-electron chi connectivity index (χ2n) is 5.71. The van der Waals surface area contributed by atoms with E-state index in [1.165, 1.54) is 12.8 Å². The lowest BCUT2D eigenvalue weighted by atomic mass is 9.78. The van der Waals surface area contributed by atoms with Crippen LogP contribution in [0.2, 0.25) is 0 Å². The van der Waals surface area contributed by atoms with Gasteiger partial charge in [0.05, 0.1) is 0 Å². The summed E-state index contributed by atoms with van der Waals surface area (Å²) in [5.74, 6) is 1.79. The molecule has 1 rings (SSSR count). The van der Waals surface area contributed by atoms with Crippen LogP contribution >= 0.6 is 0 Å². The molecule has 1 heterocycles. The molecule has 0 saturated heterocycles. The largest absolute Gasteiger partial charge is 0.316 e. The minimum Gasteiger partial charge on any atom is -0.316 e. The standard InChI is InChI=1S/C14H28N4/c1-6-14(7-2,10-15-9-12(3)4)8-13-16-11-17-18(13)5/h11-12,15H,6-10H2,1-5H3. The van der Waals surface area contributed by atoms with Gasteiger partial charge in [0.15, 0.2) is 0 Å². The molecule has 0 aliphatic rings. The highest BCUT2D eigenvalue weighted by Crippen LogP contribution is 2.29. The van der Waals surface area contributed by atoms with E-state index in [1.54, 1.807) is 6.33 Å². The van der Waals surface area contributed by atoms with Crippen molar-refractivity contribution in [3.05, 3.63) is 12.2 Å². The zero-order valence-electron chi connectivity index (χ0n) is 12.5. The van der Waals surface area contributed by atoms with Gasteiger partial charge in [0.2, 0.25) is 0 Å². The van der Waals surface area contributed by atoms with E-state index < -0.39 is 0 Å². The van der Waals surface area contributed by atoms with E-state index in [1.807, 2.05) is 11.7 Å². The summed E-state index contributed by atoms with van der Waals surface area (Å²) in [6, 6.07) is 0. The van der Waals surface area contributed by atoms with Crippen molar-refractivity contribution >= 4 is 0 Å². The first-order valence-electron chi connectivity index (χ1n) is 7.06. The summed E-state index contributed by atoms with van der Waals surface area (Å²) in [5.41, 5.74) is 0.301. The number of rotatable bonds is 8. The van der Waals surface area contributed by atoms with Crippen molar-refractivity contribution in [1.29, 1.82) is 0 Å². The van der Waals surface area contributed by atoms with Crippen LogP contribution in [0.4, 0.5) is 0 Å². The number of aryl methyl sites for hydroxylation is 1. The summed E-state index contributed by atoms with van der Waals surface area (Å²) >= 11 is 0. The molecule has 0 radical (unpaired) electrons. The molecule has 104 valence electrons. The van der Waals surface area contributed by atoms with E-state index in [4.69, 9.17) is 0 Å². The van der Waals surface area contributed by atoms with E-state index in [-0.39, 0.29) is 0 Å². The van der Waals surface area contributed by atoms with Crippen LogP contribution in [0.25, 0.3) is 0 Å². The first kappa shape index (κ1) is 15.2. The number of aromatic nitrogens is 3. The van der Waals surface area contributed by atoms with E-state index in [0.29, 0.717) is 11.3 Å². The van der Waals surface area contributed by atoms with E-state index >= 15 is 0 Å². The van der Waals surface area contributed by atoms with Crippen LogP contribution in [-0.4, -0.2) is 27.9 Å². The van der Waals surface area contributed by atoms with Crippen LogP contribution in [-0.2, 0) is 13.5 Å². The molecule has 1 N–H and O–H groups in total. The van der Waals surface area contributed by atoms with Crippen LogP contribution in [0.5, 0.6) is 0 Å². The number of hydrogen-bond acceptors (Lipinski definition) is 3. The molecule has 1 aromatic rings. The van der Waals surface area contributed by atoms with Gasteiger partial charge in [0, 0.05) is 20.0 Å². The van der Waals surface area contributed by atoms with Gasteiger partial charge in [-0.05, 0) is 30.7 Å². The summed E-state index contributed by atoms with van der Waals surface area (Å²) in [6.45, 7) is 11.2. The Hall–Kier alpha value is -0.900. The maximum Gasteiger partial charge on any atom is 0.138 e. The SMILES string of the molecule is CCC(CC)(CNCC(C)C)Cc1ncnn1C. The van der Waals surface area contributed by atoms with Gasteiger partial charge in [-0.3, -0.25) is 4.68 Å². The quantitative estimate of drug-likeness (QED) is 0.772. The lowest BCUT2D eigenvalue weighted by Crippen LogP contribution is -2.37. The van der Waals surface area contributed by atoms with Crippen molar-refractivity contribution in [1.82, 2.24) is 20.1 Å². The molecule has 0 bridgehead atoms. The molecular weight excluding hydrogens is 224 g/mol. The third kappa shape index (κ3) is 4.09. The number of nitrogens with zero attached hydrogens (tertiary/aromatic N) is 3. The molecule has 0 unspecified atom stereocenters. The fourth-order valence-electron chi connectivity index (χ4n) is 2.25. The van der Waals surface area contributed by atoms with Gasteiger partial charge < -0.3 is 5.32 Å². The lowest BCUT2D eigenvalue weighted by molar-refractivity contribution is 0.235. The van der Waals surface area contributed by atoms with Crippen molar-refractivity contribution in [2.45, 2.75) is 47.0 Å². The van der Waals surface area contributed by atoms with Crippen molar-refractivity contribution in [3.8, 4) is 0 Å². The first-order chi connectivity index (χ1) is 8.53. The number of hydrogen-bond donors (Lipinski definition) is 1. The molecule has 0 spiro atoms. The first-order valence-corrected chi connectivity index (χ1v) is 7.06. The summed E-state index contributed by atoms with van der Waals surface area (Å²) in [5, 5.41) is 7.77. The molecule has 0 aliphatic carbocycles. The highest BCUT2D eigenvalue weighted by atomic mass is 15.3. The van der Waals surface area contributed by atoms with Crippen LogP contribution in [0.1, 0.15) is 46.4 Å². The summed E-state index contributed by atoms with van der Waals surface area (Å²) in [4.78, 5) is 4.36. The van der Waals surface area contributed by atoms with Gasteiger partial charge in [-0.1, -0.05) is 27.7 Å². The highest BCUT2D eigenvalue weighted by Gasteiger charge is 2.28.